The van der Waals surface area contributed by atoms with Crippen molar-refractivity contribution in [1.29, 1.82) is 0 Å². The molecule has 1 aromatic heterocycles. The smallest absolute Gasteiger partial charge is 0.0458 e. The van der Waals surface area contributed by atoms with Gasteiger partial charge in [0, 0.05) is 49.3 Å². The quantitative estimate of drug-likeness (QED) is 0.893. The van der Waals surface area contributed by atoms with Crippen molar-refractivity contribution in [2.45, 2.75) is 20.4 Å². The summed E-state index contributed by atoms with van der Waals surface area (Å²) >= 11 is 0. The van der Waals surface area contributed by atoms with Gasteiger partial charge in [-0.1, -0.05) is 6.07 Å². The van der Waals surface area contributed by atoms with Crippen molar-refractivity contribution >= 4 is 10.9 Å². The average Bonchev–Trinajstić information content (AvgIpc) is 2.69. The van der Waals surface area contributed by atoms with Gasteiger partial charge < -0.3 is 9.88 Å². The minimum Gasteiger partial charge on any atom is -0.358 e. The van der Waals surface area contributed by atoms with Crippen LogP contribution in [-0.4, -0.2) is 48.0 Å². The predicted molar refractivity (Wildman–Crippen MR) is 80.5 cm³/mol. The second-order valence-electron chi connectivity index (χ2n) is 5.83. The molecule has 0 saturated carbocycles. The lowest BCUT2D eigenvalue weighted by Gasteiger charge is -2.32. The zero-order valence-electron chi connectivity index (χ0n) is 12.2. The molecule has 1 aromatic carbocycles. The summed E-state index contributed by atoms with van der Waals surface area (Å²) in [5.41, 5.74) is 5.36. The molecule has 3 nitrogen and oxygen atoms in total. The van der Waals surface area contributed by atoms with E-state index in [0.717, 1.165) is 6.54 Å². The summed E-state index contributed by atoms with van der Waals surface area (Å²) in [5, 5.41) is 1.38. The van der Waals surface area contributed by atoms with E-state index in [2.05, 4.69) is 53.9 Å². The highest BCUT2D eigenvalue weighted by molar-refractivity contribution is 5.84. The molecule has 2 aromatic rings. The van der Waals surface area contributed by atoms with E-state index in [4.69, 9.17) is 0 Å². The summed E-state index contributed by atoms with van der Waals surface area (Å²) in [7, 11) is 2.20. The van der Waals surface area contributed by atoms with E-state index in [1.807, 2.05) is 0 Å². The van der Waals surface area contributed by atoms with Gasteiger partial charge in [0.2, 0.25) is 0 Å². The van der Waals surface area contributed by atoms with Gasteiger partial charge in [-0.3, -0.25) is 4.90 Å². The van der Waals surface area contributed by atoms with Crippen LogP contribution in [-0.2, 0) is 6.54 Å². The highest BCUT2D eigenvalue weighted by atomic mass is 15.2. The third-order valence-electron chi connectivity index (χ3n) is 4.37. The van der Waals surface area contributed by atoms with Crippen LogP contribution in [0.5, 0.6) is 0 Å². The molecule has 19 heavy (non-hydrogen) atoms. The molecule has 1 saturated heterocycles. The highest BCUT2D eigenvalue weighted by Crippen LogP contribution is 2.23. The summed E-state index contributed by atoms with van der Waals surface area (Å²) in [4.78, 5) is 8.40. The molecule has 0 spiro atoms. The largest absolute Gasteiger partial charge is 0.358 e. The van der Waals surface area contributed by atoms with Crippen molar-refractivity contribution in [3.63, 3.8) is 0 Å². The minimum absolute atomic E-state index is 1.08. The lowest BCUT2D eigenvalue weighted by Crippen LogP contribution is -2.43. The van der Waals surface area contributed by atoms with E-state index in [1.165, 1.54) is 53.9 Å². The number of fused-ring (bicyclic) bond motifs is 1. The predicted octanol–water partition coefficient (Wildman–Crippen LogP) is 2.53. The number of aromatic amines is 1. The first kappa shape index (κ1) is 12.7. The number of nitrogens with one attached hydrogen (secondary N) is 1. The number of aromatic nitrogens is 1. The van der Waals surface area contributed by atoms with Crippen LogP contribution in [0.4, 0.5) is 0 Å². The van der Waals surface area contributed by atoms with Gasteiger partial charge in [0.25, 0.3) is 0 Å². The Morgan fingerprint density at radius 3 is 2.58 bits per heavy atom. The normalized spacial score (nSPS) is 18.3. The molecule has 1 aliphatic rings. The lowest BCUT2D eigenvalue weighted by atomic mass is 10.1. The van der Waals surface area contributed by atoms with E-state index in [-0.39, 0.29) is 0 Å². The Morgan fingerprint density at radius 2 is 1.84 bits per heavy atom. The molecule has 0 aliphatic carbocycles. The zero-order valence-corrected chi connectivity index (χ0v) is 12.2. The Morgan fingerprint density at radius 1 is 1.11 bits per heavy atom. The SMILES string of the molecule is Cc1[nH]c2ccc(CN3CCN(C)CC3)cc2c1C. The van der Waals surface area contributed by atoms with E-state index >= 15 is 0 Å². The van der Waals surface area contributed by atoms with Crippen LogP contribution < -0.4 is 0 Å². The molecule has 102 valence electrons. The number of hydrogen-bond acceptors (Lipinski definition) is 2. The van der Waals surface area contributed by atoms with Crippen molar-refractivity contribution < 1.29 is 0 Å². The second-order valence-corrected chi connectivity index (χ2v) is 5.83. The second kappa shape index (κ2) is 4.99. The van der Waals surface area contributed by atoms with Gasteiger partial charge in [-0.05, 0) is 44.2 Å². The van der Waals surface area contributed by atoms with Gasteiger partial charge >= 0.3 is 0 Å². The van der Waals surface area contributed by atoms with Crippen molar-refractivity contribution in [3.05, 3.63) is 35.0 Å². The summed E-state index contributed by atoms with van der Waals surface area (Å²) in [6.45, 7) is 10.2. The molecule has 0 amide bonds. The molecule has 0 radical (unpaired) electrons. The number of aryl methyl sites for hydroxylation is 2. The van der Waals surface area contributed by atoms with Gasteiger partial charge in [-0.15, -0.1) is 0 Å². The van der Waals surface area contributed by atoms with Crippen LogP contribution in [0.25, 0.3) is 10.9 Å². The Labute approximate surface area is 115 Å². The average molecular weight is 257 g/mol. The maximum absolute atomic E-state index is 3.44. The van der Waals surface area contributed by atoms with Gasteiger partial charge in [0.1, 0.15) is 0 Å². The Kier molecular flexibility index (Phi) is 3.33. The molecule has 0 bridgehead atoms. The molecule has 1 aliphatic heterocycles. The highest BCUT2D eigenvalue weighted by Gasteiger charge is 2.14. The Hall–Kier alpha value is -1.32. The van der Waals surface area contributed by atoms with Crippen LogP contribution in [0, 0.1) is 13.8 Å². The molecule has 2 heterocycles. The van der Waals surface area contributed by atoms with E-state index in [0.29, 0.717) is 0 Å². The number of piperazine rings is 1. The number of likely N-dealkylation sites (N-methyl/N-ethyl adjacent to an activating group) is 1. The number of nitrogens with zero attached hydrogens (tertiary/aromatic N) is 2. The zero-order chi connectivity index (χ0) is 13.4. The number of H-pyrrole nitrogens is 1. The topological polar surface area (TPSA) is 22.3 Å². The number of rotatable bonds is 2. The first-order valence-electron chi connectivity index (χ1n) is 7.12. The van der Waals surface area contributed by atoms with E-state index in [9.17, 15) is 0 Å². The van der Waals surface area contributed by atoms with Gasteiger partial charge in [-0.25, -0.2) is 0 Å². The van der Waals surface area contributed by atoms with E-state index < -0.39 is 0 Å². The Bertz CT molecular complexity index is 577. The van der Waals surface area contributed by atoms with Crippen molar-refractivity contribution in [3.8, 4) is 0 Å². The maximum atomic E-state index is 3.44. The fourth-order valence-corrected chi connectivity index (χ4v) is 2.87. The first-order valence-corrected chi connectivity index (χ1v) is 7.12. The van der Waals surface area contributed by atoms with Crippen LogP contribution in [0.3, 0.4) is 0 Å². The minimum atomic E-state index is 1.08. The molecule has 1 fully saturated rings. The standard InChI is InChI=1S/C16H23N3/c1-12-13(2)17-16-5-4-14(10-15(12)16)11-19-8-6-18(3)7-9-19/h4-5,10,17H,6-9,11H2,1-3H3. The fraction of sp³-hybridized carbons (Fsp3) is 0.500. The van der Waals surface area contributed by atoms with Crippen molar-refractivity contribution in [1.82, 2.24) is 14.8 Å². The summed E-state index contributed by atoms with van der Waals surface area (Å²) in [6.07, 6.45) is 0. The molecule has 0 unspecified atom stereocenters. The summed E-state index contributed by atoms with van der Waals surface area (Å²) in [6, 6.07) is 6.84. The Balaban J connectivity index is 1.79. The third kappa shape index (κ3) is 2.53. The molecule has 1 N–H and O–H groups in total. The molecule has 0 atom stereocenters. The van der Waals surface area contributed by atoms with Crippen LogP contribution in [0.15, 0.2) is 18.2 Å². The van der Waals surface area contributed by atoms with Gasteiger partial charge in [0.05, 0.1) is 0 Å². The molecular weight excluding hydrogens is 234 g/mol. The first-order chi connectivity index (χ1) is 9.13. The van der Waals surface area contributed by atoms with Crippen molar-refractivity contribution in [2.24, 2.45) is 0 Å². The van der Waals surface area contributed by atoms with E-state index in [1.54, 1.807) is 0 Å². The third-order valence-corrected chi connectivity index (χ3v) is 4.37. The monoisotopic (exact) mass is 257 g/mol. The number of hydrogen-bond donors (Lipinski definition) is 1. The molecular formula is C16H23N3. The van der Waals surface area contributed by atoms with Crippen LogP contribution in [0.2, 0.25) is 0 Å². The summed E-state index contributed by atoms with van der Waals surface area (Å²) < 4.78 is 0. The molecule has 3 heteroatoms. The van der Waals surface area contributed by atoms with Crippen LogP contribution in [0.1, 0.15) is 16.8 Å². The number of benzene rings is 1. The van der Waals surface area contributed by atoms with Gasteiger partial charge in [-0.2, -0.15) is 0 Å². The van der Waals surface area contributed by atoms with Crippen LogP contribution >= 0.6 is 0 Å². The van der Waals surface area contributed by atoms with Gasteiger partial charge in [0.15, 0.2) is 0 Å². The van der Waals surface area contributed by atoms with Crippen molar-refractivity contribution in [2.75, 3.05) is 33.2 Å². The maximum Gasteiger partial charge on any atom is 0.0458 e. The summed E-state index contributed by atoms with van der Waals surface area (Å²) in [5.74, 6) is 0. The lowest BCUT2D eigenvalue weighted by molar-refractivity contribution is 0.148. The fourth-order valence-electron chi connectivity index (χ4n) is 2.87. The molecule has 3 rings (SSSR count).